The SMILES string of the molecule is CCCCCCC[CH2][Al][CH2]c1ccccc1.Cl. The predicted octanol–water partition coefficient (Wildman–Crippen LogP) is 5.09. The van der Waals surface area contributed by atoms with Crippen molar-refractivity contribution >= 4 is 27.6 Å². The Balaban J connectivity index is 0.00000256. The van der Waals surface area contributed by atoms with E-state index < -0.39 is 0 Å². The lowest BCUT2D eigenvalue weighted by molar-refractivity contribution is 0.624. The van der Waals surface area contributed by atoms with Crippen LogP contribution < -0.4 is 0 Å². The molecule has 0 amide bonds. The molecule has 0 unspecified atom stereocenters. The van der Waals surface area contributed by atoms with Gasteiger partial charge in [0.05, 0.1) is 0 Å². The van der Waals surface area contributed by atoms with E-state index in [1.807, 2.05) is 0 Å². The lowest BCUT2D eigenvalue weighted by Crippen LogP contribution is -1.96. The molecule has 2 heteroatoms. The van der Waals surface area contributed by atoms with Crippen LogP contribution in [0.1, 0.15) is 51.0 Å². The second kappa shape index (κ2) is 12.5. The average molecular weight is 268 g/mol. The molecule has 0 aromatic heterocycles. The molecule has 1 aromatic rings. The largest absolute Gasteiger partial charge is 0.207 e. The third kappa shape index (κ3) is 9.72. The molecule has 0 saturated carbocycles. The van der Waals surface area contributed by atoms with Crippen molar-refractivity contribution in [3.8, 4) is 0 Å². The Morgan fingerprint density at radius 2 is 1.53 bits per heavy atom. The highest BCUT2D eigenvalue weighted by Crippen LogP contribution is 2.08. The molecule has 1 rings (SSSR count). The zero-order valence-electron chi connectivity index (χ0n) is 11.0. The van der Waals surface area contributed by atoms with Gasteiger partial charge in [-0.1, -0.05) is 86.6 Å². The Bertz CT molecular complexity index is 248. The Labute approximate surface area is 119 Å². The van der Waals surface area contributed by atoms with Gasteiger partial charge in [-0.3, -0.25) is 0 Å². The van der Waals surface area contributed by atoms with Crippen LogP contribution in [0.15, 0.2) is 30.3 Å². The van der Waals surface area contributed by atoms with Crippen molar-refractivity contribution in [3.63, 3.8) is 0 Å². The third-order valence-corrected chi connectivity index (χ3v) is 4.56. The summed E-state index contributed by atoms with van der Waals surface area (Å²) >= 11 is 0.648. The minimum Gasteiger partial charge on any atom is -0.147 e. The van der Waals surface area contributed by atoms with Crippen molar-refractivity contribution in [1.82, 2.24) is 0 Å². The van der Waals surface area contributed by atoms with Gasteiger partial charge in [-0.25, -0.2) is 0 Å². The van der Waals surface area contributed by atoms with Crippen LogP contribution in [0.25, 0.3) is 0 Å². The highest BCUT2D eigenvalue weighted by molar-refractivity contribution is 6.34. The van der Waals surface area contributed by atoms with Gasteiger partial charge in [0.2, 0.25) is 15.2 Å². The Kier molecular flexibility index (Phi) is 12.5. The minimum atomic E-state index is 0. The van der Waals surface area contributed by atoms with Crippen LogP contribution in [-0.4, -0.2) is 15.2 Å². The topological polar surface area (TPSA) is 0 Å². The summed E-state index contributed by atoms with van der Waals surface area (Å²) in [4.78, 5) is 0. The van der Waals surface area contributed by atoms with Gasteiger partial charge in [0.1, 0.15) is 0 Å². The first-order valence-corrected chi connectivity index (χ1v) is 8.42. The molecule has 0 aliphatic rings. The van der Waals surface area contributed by atoms with Crippen LogP contribution in [0.4, 0.5) is 0 Å². The van der Waals surface area contributed by atoms with Gasteiger partial charge in [0.15, 0.2) is 0 Å². The van der Waals surface area contributed by atoms with Gasteiger partial charge < -0.3 is 0 Å². The Morgan fingerprint density at radius 3 is 2.24 bits per heavy atom. The van der Waals surface area contributed by atoms with Crippen molar-refractivity contribution in [3.05, 3.63) is 35.9 Å². The van der Waals surface area contributed by atoms with Crippen LogP contribution in [0.3, 0.4) is 0 Å². The molecular weight excluding hydrogens is 243 g/mol. The van der Waals surface area contributed by atoms with E-state index in [1.54, 1.807) is 0 Å². The standard InChI is InChI=1S/C8H17.C7H7.Al.ClH/c1-3-5-7-8-6-4-2;1-7-5-3-2-4-6-7;;/h1,3-8H2,2H3;2-6H,1H2;;1H. The lowest BCUT2D eigenvalue weighted by Gasteiger charge is -2.01. The zero-order valence-corrected chi connectivity index (χ0v) is 13.0. The summed E-state index contributed by atoms with van der Waals surface area (Å²) in [6.07, 6.45) is 8.62. The van der Waals surface area contributed by atoms with Crippen molar-refractivity contribution in [2.45, 2.75) is 56.0 Å². The van der Waals surface area contributed by atoms with Crippen molar-refractivity contribution < 1.29 is 0 Å². The monoisotopic (exact) mass is 267 g/mol. The van der Waals surface area contributed by atoms with E-state index in [0.29, 0.717) is 15.2 Å². The minimum absolute atomic E-state index is 0. The lowest BCUT2D eigenvalue weighted by atomic mass is 10.1. The predicted molar refractivity (Wildman–Crippen MR) is 81.3 cm³/mol. The highest BCUT2D eigenvalue weighted by atomic mass is 35.5. The van der Waals surface area contributed by atoms with Crippen molar-refractivity contribution in [2.75, 3.05) is 0 Å². The summed E-state index contributed by atoms with van der Waals surface area (Å²) in [5, 5.41) is 2.83. The van der Waals surface area contributed by atoms with Crippen LogP contribution in [0.2, 0.25) is 5.28 Å². The molecule has 17 heavy (non-hydrogen) atoms. The number of hydrogen-bond donors (Lipinski definition) is 0. The summed E-state index contributed by atoms with van der Waals surface area (Å²) in [6.45, 7) is 2.28. The summed E-state index contributed by atoms with van der Waals surface area (Å²) in [6, 6.07) is 10.9. The van der Waals surface area contributed by atoms with E-state index in [4.69, 9.17) is 0 Å². The molecule has 95 valence electrons. The summed E-state index contributed by atoms with van der Waals surface area (Å²) in [5.41, 5.74) is 1.53. The highest BCUT2D eigenvalue weighted by Gasteiger charge is 1.95. The van der Waals surface area contributed by atoms with Crippen molar-refractivity contribution in [2.24, 2.45) is 0 Å². The third-order valence-electron chi connectivity index (χ3n) is 2.98. The summed E-state index contributed by atoms with van der Waals surface area (Å²) in [5.74, 6) is 0. The van der Waals surface area contributed by atoms with Gasteiger partial charge >= 0.3 is 0 Å². The maximum atomic E-state index is 2.28. The maximum Gasteiger partial charge on any atom is 0.207 e. The molecule has 0 N–H and O–H groups in total. The first kappa shape index (κ1) is 17.0. The van der Waals surface area contributed by atoms with Crippen LogP contribution >= 0.6 is 12.4 Å². The molecule has 0 aliphatic heterocycles. The van der Waals surface area contributed by atoms with Gasteiger partial charge in [-0.2, -0.15) is 0 Å². The molecule has 0 fully saturated rings. The summed E-state index contributed by atoms with van der Waals surface area (Å²) in [7, 11) is 0. The molecule has 1 aromatic carbocycles. The Hall–Kier alpha value is 0.0425. The average Bonchev–Trinajstić information content (AvgIpc) is 2.34. The smallest absolute Gasteiger partial charge is 0.147 e. The molecule has 0 bridgehead atoms. The van der Waals surface area contributed by atoms with E-state index in [9.17, 15) is 0 Å². The first-order valence-electron chi connectivity index (χ1n) is 6.79. The van der Waals surface area contributed by atoms with E-state index in [0.717, 1.165) is 0 Å². The number of unbranched alkanes of at least 4 members (excludes halogenated alkanes) is 5. The van der Waals surface area contributed by atoms with Gasteiger partial charge in [-0.15, -0.1) is 17.7 Å². The fourth-order valence-corrected chi connectivity index (χ4v) is 3.34. The number of benzene rings is 1. The molecule has 1 radical (unpaired) electrons. The van der Waals surface area contributed by atoms with Gasteiger partial charge in [0, 0.05) is 0 Å². The number of rotatable bonds is 9. The van der Waals surface area contributed by atoms with Crippen molar-refractivity contribution in [1.29, 1.82) is 0 Å². The molecule has 0 atom stereocenters. The van der Waals surface area contributed by atoms with Gasteiger partial charge in [0.25, 0.3) is 0 Å². The number of hydrogen-bond acceptors (Lipinski definition) is 0. The van der Waals surface area contributed by atoms with E-state index in [1.165, 1.54) is 54.7 Å². The second-order valence-corrected chi connectivity index (χ2v) is 6.10. The zero-order chi connectivity index (χ0) is 11.5. The van der Waals surface area contributed by atoms with Crippen LogP contribution in [0, 0.1) is 0 Å². The summed E-state index contributed by atoms with van der Waals surface area (Å²) < 4.78 is 0. The molecule has 0 aliphatic carbocycles. The molecule has 0 spiro atoms. The molecule has 0 saturated heterocycles. The van der Waals surface area contributed by atoms with E-state index in [-0.39, 0.29) is 12.4 Å². The molecular formula is C15H25AlCl. The number of halogens is 1. The molecule has 0 heterocycles. The van der Waals surface area contributed by atoms with E-state index >= 15 is 0 Å². The van der Waals surface area contributed by atoms with Crippen LogP contribution in [-0.2, 0) is 5.28 Å². The van der Waals surface area contributed by atoms with Crippen LogP contribution in [0.5, 0.6) is 0 Å². The maximum absolute atomic E-state index is 2.28. The second-order valence-electron chi connectivity index (χ2n) is 4.53. The van der Waals surface area contributed by atoms with Gasteiger partial charge in [-0.05, 0) is 0 Å². The normalized spacial score (nSPS) is 9.71. The fraction of sp³-hybridized carbons (Fsp3) is 0.600. The molecule has 0 nitrogen and oxygen atoms in total. The quantitative estimate of drug-likeness (QED) is 0.432. The van der Waals surface area contributed by atoms with E-state index in [2.05, 4.69) is 37.3 Å². The fourth-order valence-electron chi connectivity index (χ4n) is 1.95. The Morgan fingerprint density at radius 1 is 0.882 bits per heavy atom. The first-order chi connectivity index (χ1) is 7.93.